The number of rotatable bonds is 5. The van der Waals surface area contributed by atoms with Crippen molar-refractivity contribution in [1.82, 2.24) is 4.90 Å². The molecule has 2 fully saturated rings. The zero-order chi connectivity index (χ0) is 16.1. The van der Waals surface area contributed by atoms with E-state index in [1.807, 2.05) is 24.3 Å². The van der Waals surface area contributed by atoms with Gasteiger partial charge < -0.3 is 25.6 Å². The molecule has 6 heteroatoms. The van der Waals surface area contributed by atoms with Gasteiger partial charge in [-0.1, -0.05) is 0 Å². The van der Waals surface area contributed by atoms with Crippen LogP contribution in [0.3, 0.4) is 0 Å². The number of benzene rings is 1. The molecule has 2 saturated heterocycles. The van der Waals surface area contributed by atoms with Crippen LogP contribution in [0.5, 0.6) is 0 Å². The molecule has 0 spiro atoms. The fourth-order valence-electron chi connectivity index (χ4n) is 3.09. The number of nitrogens with two attached hydrogens (primary N) is 1. The molecule has 1 aromatic rings. The fraction of sp³-hybridized carbons (Fsp3) is 0.588. The quantitative estimate of drug-likeness (QED) is 0.843. The Bertz CT molecular complexity index is 512. The minimum Gasteiger partial charge on any atom is -0.384 e. The van der Waals surface area contributed by atoms with Crippen LogP contribution >= 0.6 is 0 Å². The van der Waals surface area contributed by atoms with Gasteiger partial charge in [-0.3, -0.25) is 4.79 Å². The van der Waals surface area contributed by atoms with E-state index in [0.717, 1.165) is 50.4 Å². The minimum absolute atomic E-state index is 0.0280. The molecule has 1 amide bonds. The number of nitrogens with one attached hydrogen (secondary N) is 1. The van der Waals surface area contributed by atoms with E-state index in [9.17, 15) is 4.79 Å². The summed E-state index contributed by atoms with van der Waals surface area (Å²) in [4.78, 5) is 16.1. The topological polar surface area (TPSA) is 70.8 Å². The van der Waals surface area contributed by atoms with Crippen molar-refractivity contribution in [1.29, 1.82) is 0 Å². The first-order chi connectivity index (χ1) is 11.2. The van der Waals surface area contributed by atoms with Crippen LogP contribution in [-0.2, 0) is 9.53 Å². The third-order valence-electron chi connectivity index (χ3n) is 4.55. The molecule has 0 aliphatic carbocycles. The number of carbonyl (C=O) groups excluding carboxylic acids is 1. The monoisotopic (exact) mass is 318 g/mol. The minimum atomic E-state index is 0.0280. The maximum absolute atomic E-state index is 11.8. The Kier molecular flexibility index (Phi) is 5.48. The van der Waals surface area contributed by atoms with E-state index in [1.54, 1.807) is 4.90 Å². The second-order valence-electron chi connectivity index (χ2n) is 6.25. The number of hydrogen-bond acceptors (Lipinski definition) is 5. The molecular formula is C17H26N4O2. The summed E-state index contributed by atoms with van der Waals surface area (Å²) < 4.78 is 5.16. The zero-order valence-corrected chi connectivity index (χ0v) is 13.5. The molecule has 0 saturated carbocycles. The zero-order valence-electron chi connectivity index (χ0n) is 13.5. The summed E-state index contributed by atoms with van der Waals surface area (Å²) in [7, 11) is 0. The number of likely N-dealkylation sites (tertiary alicyclic amines) is 1. The summed E-state index contributed by atoms with van der Waals surface area (Å²) in [5.74, 6) is 0.0280. The molecule has 0 aromatic heterocycles. The van der Waals surface area contributed by atoms with E-state index in [1.165, 1.54) is 0 Å². The highest BCUT2D eigenvalue weighted by molar-refractivity contribution is 5.94. The van der Waals surface area contributed by atoms with Gasteiger partial charge in [0.2, 0.25) is 0 Å². The second-order valence-corrected chi connectivity index (χ2v) is 6.25. The molecule has 2 aliphatic heterocycles. The van der Waals surface area contributed by atoms with Crippen molar-refractivity contribution in [3.63, 3.8) is 0 Å². The normalized spacial score (nSPS) is 20.7. The molecule has 0 unspecified atom stereocenters. The highest BCUT2D eigenvalue weighted by Crippen LogP contribution is 2.19. The Morgan fingerprint density at radius 1 is 1.17 bits per heavy atom. The lowest BCUT2D eigenvalue weighted by Gasteiger charge is -2.30. The highest BCUT2D eigenvalue weighted by Gasteiger charge is 2.20. The van der Waals surface area contributed by atoms with Crippen LogP contribution in [-0.4, -0.2) is 62.8 Å². The Hall–Kier alpha value is -1.63. The number of hydrogen-bond donors (Lipinski definition) is 2. The van der Waals surface area contributed by atoms with Gasteiger partial charge in [0.1, 0.15) is 6.61 Å². The van der Waals surface area contributed by atoms with Gasteiger partial charge in [-0.05, 0) is 50.2 Å². The summed E-state index contributed by atoms with van der Waals surface area (Å²) in [6.45, 7) is 5.57. The predicted molar refractivity (Wildman–Crippen MR) is 91.8 cm³/mol. The molecule has 0 atom stereocenters. The van der Waals surface area contributed by atoms with Crippen LogP contribution in [0.25, 0.3) is 0 Å². The first-order valence-corrected chi connectivity index (χ1v) is 8.42. The maximum Gasteiger partial charge on any atom is 0.253 e. The molecule has 3 rings (SSSR count). The molecule has 23 heavy (non-hydrogen) atoms. The first kappa shape index (κ1) is 16.2. The SMILES string of the molecule is NC1CCN(CCNc2ccc(N3CCOCC3=O)cc2)CC1. The van der Waals surface area contributed by atoms with Crippen LogP contribution in [0.15, 0.2) is 24.3 Å². The highest BCUT2D eigenvalue weighted by atomic mass is 16.5. The van der Waals surface area contributed by atoms with Crippen LogP contribution in [0, 0.1) is 0 Å². The lowest BCUT2D eigenvalue weighted by molar-refractivity contribution is -0.125. The van der Waals surface area contributed by atoms with Gasteiger partial charge in [0.25, 0.3) is 5.91 Å². The number of anilines is 2. The second kappa shape index (κ2) is 7.77. The number of carbonyl (C=O) groups is 1. The average molecular weight is 318 g/mol. The Labute approximate surface area is 137 Å². The number of piperidine rings is 1. The summed E-state index contributed by atoms with van der Waals surface area (Å²) in [6.07, 6.45) is 2.20. The fourth-order valence-corrected chi connectivity index (χ4v) is 3.09. The van der Waals surface area contributed by atoms with E-state index in [-0.39, 0.29) is 12.5 Å². The molecular weight excluding hydrogens is 292 g/mol. The molecule has 3 N–H and O–H groups in total. The number of nitrogens with zero attached hydrogens (tertiary/aromatic N) is 2. The van der Waals surface area contributed by atoms with Crippen LogP contribution in [0.2, 0.25) is 0 Å². The Morgan fingerprint density at radius 3 is 2.61 bits per heavy atom. The number of amides is 1. The molecule has 0 bridgehead atoms. The van der Waals surface area contributed by atoms with Crippen molar-refractivity contribution in [3.8, 4) is 0 Å². The molecule has 126 valence electrons. The van der Waals surface area contributed by atoms with Crippen molar-refractivity contribution < 1.29 is 9.53 Å². The Balaban J connectivity index is 1.45. The largest absolute Gasteiger partial charge is 0.384 e. The van der Waals surface area contributed by atoms with E-state index in [4.69, 9.17) is 10.5 Å². The lowest BCUT2D eigenvalue weighted by Crippen LogP contribution is -2.41. The molecule has 2 heterocycles. The van der Waals surface area contributed by atoms with Crippen LogP contribution < -0.4 is 16.0 Å². The third kappa shape index (κ3) is 4.43. The Morgan fingerprint density at radius 2 is 1.91 bits per heavy atom. The van der Waals surface area contributed by atoms with Crippen LogP contribution in [0.1, 0.15) is 12.8 Å². The molecule has 6 nitrogen and oxygen atoms in total. The summed E-state index contributed by atoms with van der Waals surface area (Å²) in [5.41, 5.74) is 7.95. The van der Waals surface area contributed by atoms with E-state index in [0.29, 0.717) is 19.2 Å². The van der Waals surface area contributed by atoms with Crippen molar-refractivity contribution in [2.24, 2.45) is 5.73 Å². The van der Waals surface area contributed by atoms with E-state index < -0.39 is 0 Å². The van der Waals surface area contributed by atoms with Gasteiger partial charge in [-0.15, -0.1) is 0 Å². The summed E-state index contributed by atoms with van der Waals surface area (Å²) in [5, 5.41) is 3.44. The average Bonchev–Trinajstić information content (AvgIpc) is 2.58. The summed E-state index contributed by atoms with van der Waals surface area (Å²) in [6, 6.07) is 8.43. The van der Waals surface area contributed by atoms with Gasteiger partial charge in [-0.2, -0.15) is 0 Å². The van der Waals surface area contributed by atoms with Crippen molar-refractivity contribution >= 4 is 17.3 Å². The maximum atomic E-state index is 11.8. The standard InChI is InChI=1S/C17H26N4O2/c18-14-5-8-20(9-6-14)10-7-19-15-1-3-16(4-2-15)21-11-12-23-13-17(21)22/h1-4,14,19H,5-13,18H2. The van der Waals surface area contributed by atoms with Gasteiger partial charge >= 0.3 is 0 Å². The van der Waals surface area contributed by atoms with Crippen molar-refractivity contribution in [2.45, 2.75) is 18.9 Å². The van der Waals surface area contributed by atoms with Gasteiger partial charge in [0.15, 0.2) is 0 Å². The molecule has 0 radical (unpaired) electrons. The van der Waals surface area contributed by atoms with Gasteiger partial charge in [0, 0.05) is 37.1 Å². The summed E-state index contributed by atoms with van der Waals surface area (Å²) >= 11 is 0. The smallest absolute Gasteiger partial charge is 0.253 e. The number of morpholine rings is 1. The number of ether oxygens (including phenoxy) is 1. The van der Waals surface area contributed by atoms with E-state index in [2.05, 4.69) is 10.2 Å². The van der Waals surface area contributed by atoms with Gasteiger partial charge in [0.05, 0.1) is 6.61 Å². The van der Waals surface area contributed by atoms with Crippen molar-refractivity contribution in [2.75, 3.05) is 56.2 Å². The van der Waals surface area contributed by atoms with E-state index >= 15 is 0 Å². The molecule has 1 aromatic carbocycles. The van der Waals surface area contributed by atoms with Crippen LogP contribution in [0.4, 0.5) is 11.4 Å². The molecule has 2 aliphatic rings. The van der Waals surface area contributed by atoms with Gasteiger partial charge in [-0.25, -0.2) is 0 Å². The first-order valence-electron chi connectivity index (χ1n) is 8.42. The third-order valence-corrected chi connectivity index (χ3v) is 4.55. The lowest BCUT2D eigenvalue weighted by atomic mass is 10.1. The predicted octanol–water partition coefficient (Wildman–Crippen LogP) is 0.885. The van der Waals surface area contributed by atoms with Crippen molar-refractivity contribution in [3.05, 3.63) is 24.3 Å².